The Labute approximate surface area is 100 Å². The van der Waals surface area contributed by atoms with Crippen LogP contribution in [0.5, 0.6) is 0 Å². The molecule has 1 aliphatic heterocycles. The van der Waals surface area contributed by atoms with Gasteiger partial charge in [0.15, 0.2) is 0 Å². The molecule has 1 amide bonds. The Kier molecular flexibility index (Phi) is 5.12. The summed E-state index contributed by atoms with van der Waals surface area (Å²) in [7, 11) is 0. The number of carbonyl (C=O) groups is 2. The van der Waals surface area contributed by atoms with Crippen molar-refractivity contribution < 1.29 is 14.7 Å². The molecular formula is C11H19NO3S. The summed E-state index contributed by atoms with van der Waals surface area (Å²) in [4.78, 5) is 24.3. The zero-order valence-corrected chi connectivity index (χ0v) is 10.6. The molecule has 1 heterocycles. The molecule has 0 aromatic heterocycles. The Bertz CT molecular complexity index is 260. The number of thioether (sulfide) groups is 1. The van der Waals surface area contributed by atoms with E-state index in [0.29, 0.717) is 36.9 Å². The molecular weight excluding hydrogens is 226 g/mol. The maximum Gasteiger partial charge on any atom is 0.306 e. The van der Waals surface area contributed by atoms with Crippen LogP contribution in [0, 0.1) is 5.92 Å². The van der Waals surface area contributed by atoms with Gasteiger partial charge < -0.3 is 10.0 Å². The van der Waals surface area contributed by atoms with E-state index in [9.17, 15) is 9.59 Å². The number of carboxylic acids is 1. The first-order chi connectivity index (χ1) is 7.50. The van der Waals surface area contributed by atoms with Gasteiger partial charge in [0, 0.05) is 13.1 Å². The first-order valence-corrected chi connectivity index (χ1v) is 6.67. The van der Waals surface area contributed by atoms with Crippen LogP contribution in [0.2, 0.25) is 0 Å². The van der Waals surface area contributed by atoms with Crippen molar-refractivity contribution in [1.82, 2.24) is 4.90 Å². The van der Waals surface area contributed by atoms with Crippen LogP contribution < -0.4 is 0 Å². The molecule has 0 radical (unpaired) electrons. The molecule has 0 spiro atoms. The smallest absolute Gasteiger partial charge is 0.306 e. The summed E-state index contributed by atoms with van der Waals surface area (Å²) in [5, 5.41) is 9.29. The van der Waals surface area contributed by atoms with E-state index in [1.54, 1.807) is 16.7 Å². The highest BCUT2D eigenvalue weighted by atomic mass is 32.2. The molecule has 4 nitrogen and oxygen atoms in total. The van der Waals surface area contributed by atoms with E-state index in [4.69, 9.17) is 5.11 Å². The third kappa shape index (κ3) is 4.04. The number of carbonyl (C=O) groups excluding carboxylic acids is 1. The van der Waals surface area contributed by atoms with Gasteiger partial charge in [-0.25, -0.2) is 0 Å². The topological polar surface area (TPSA) is 57.6 Å². The van der Waals surface area contributed by atoms with E-state index in [-0.39, 0.29) is 11.8 Å². The summed E-state index contributed by atoms with van der Waals surface area (Å²) in [6.45, 7) is 5.31. The molecule has 0 aromatic rings. The molecule has 1 rings (SSSR count). The Hall–Kier alpha value is -0.710. The number of carboxylic acid groups (broad SMARTS) is 1. The summed E-state index contributed by atoms with van der Waals surface area (Å²) < 4.78 is 0. The molecule has 0 aromatic carbocycles. The van der Waals surface area contributed by atoms with E-state index in [2.05, 4.69) is 13.8 Å². The van der Waals surface area contributed by atoms with Gasteiger partial charge in [0.1, 0.15) is 0 Å². The lowest BCUT2D eigenvalue weighted by Crippen LogP contribution is -2.41. The number of likely N-dealkylation sites (tertiary alicyclic amines) is 1. The van der Waals surface area contributed by atoms with E-state index in [1.165, 1.54) is 0 Å². The molecule has 1 N–H and O–H groups in total. The molecule has 1 saturated heterocycles. The van der Waals surface area contributed by atoms with Crippen LogP contribution >= 0.6 is 11.8 Å². The number of hydrogen-bond donors (Lipinski definition) is 1. The highest BCUT2D eigenvalue weighted by Crippen LogP contribution is 2.19. The first-order valence-electron chi connectivity index (χ1n) is 5.63. The minimum Gasteiger partial charge on any atom is -0.481 e. The zero-order valence-electron chi connectivity index (χ0n) is 9.81. The lowest BCUT2D eigenvalue weighted by molar-refractivity contribution is -0.145. The van der Waals surface area contributed by atoms with Gasteiger partial charge in [-0.2, -0.15) is 0 Å². The molecule has 0 aliphatic carbocycles. The Morgan fingerprint density at radius 3 is 2.38 bits per heavy atom. The number of aliphatic carboxylic acids is 1. The average Bonchev–Trinajstić information content (AvgIpc) is 2.26. The van der Waals surface area contributed by atoms with Gasteiger partial charge in [-0.1, -0.05) is 13.8 Å². The fraction of sp³-hybridized carbons (Fsp3) is 0.818. The lowest BCUT2D eigenvalue weighted by Gasteiger charge is -2.30. The van der Waals surface area contributed by atoms with Gasteiger partial charge in [0.2, 0.25) is 5.91 Å². The van der Waals surface area contributed by atoms with Crippen LogP contribution in [0.1, 0.15) is 26.7 Å². The van der Waals surface area contributed by atoms with Crippen LogP contribution in [0.15, 0.2) is 0 Å². The number of rotatable bonds is 4. The van der Waals surface area contributed by atoms with Crippen molar-refractivity contribution in [3.63, 3.8) is 0 Å². The second kappa shape index (κ2) is 6.13. The van der Waals surface area contributed by atoms with Crippen molar-refractivity contribution >= 4 is 23.6 Å². The third-order valence-electron chi connectivity index (χ3n) is 2.74. The second-order valence-electron chi connectivity index (χ2n) is 4.35. The molecule has 0 bridgehead atoms. The number of nitrogens with zero attached hydrogens (tertiary/aromatic N) is 1. The summed E-state index contributed by atoms with van der Waals surface area (Å²) in [5.41, 5.74) is 0. The standard InChI is InChI=1S/C11H19NO3S/c1-8(2)16-7-10(13)12-5-3-9(4-6-12)11(14)15/h8-9H,3-7H2,1-2H3,(H,14,15). The van der Waals surface area contributed by atoms with Gasteiger partial charge in [-0.05, 0) is 18.1 Å². The highest BCUT2D eigenvalue weighted by molar-refractivity contribution is 8.00. The van der Waals surface area contributed by atoms with Crippen molar-refractivity contribution in [2.45, 2.75) is 31.9 Å². The zero-order chi connectivity index (χ0) is 12.1. The van der Waals surface area contributed by atoms with Crippen molar-refractivity contribution in [3.05, 3.63) is 0 Å². The van der Waals surface area contributed by atoms with Gasteiger partial charge in [-0.15, -0.1) is 11.8 Å². The predicted octanol–water partition coefficient (Wildman–Crippen LogP) is 1.45. The second-order valence-corrected chi connectivity index (χ2v) is 5.92. The molecule has 5 heteroatoms. The quantitative estimate of drug-likeness (QED) is 0.814. The molecule has 16 heavy (non-hydrogen) atoms. The third-order valence-corrected chi connectivity index (χ3v) is 3.82. The van der Waals surface area contributed by atoms with Crippen molar-refractivity contribution in [2.75, 3.05) is 18.8 Å². The van der Waals surface area contributed by atoms with E-state index in [0.717, 1.165) is 0 Å². The van der Waals surface area contributed by atoms with E-state index >= 15 is 0 Å². The molecule has 0 atom stereocenters. The Morgan fingerprint density at radius 2 is 1.94 bits per heavy atom. The minimum absolute atomic E-state index is 0.141. The van der Waals surface area contributed by atoms with Crippen molar-refractivity contribution in [2.24, 2.45) is 5.92 Å². The summed E-state index contributed by atoms with van der Waals surface area (Å²) >= 11 is 1.63. The Morgan fingerprint density at radius 1 is 1.38 bits per heavy atom. The predicted molar refractivity (Wildman–Crippen MR) is 64.5 cm³/mol. The molecule has 0 unspecified atom stereocenters. The van der Waals surface area contributed by atoms with Gasteiger partial charge in [-0.3, -0.25) is 9.59 Å². The van der Waals surface area contributed by atoms with Crippen LogP contribution in [0.4, 0.5) is 0 Å². The average molecular weight is 245 g/mol. The maximum atomic E-state index is 11.7. The molecule has 1 aliphatic rings. The summed E-state index contributed by atoms with van der Waals surface area (Å²) in [5.74, 6) is -0.344. The van der Waals surface area contributed by atoms with Crippen LogP contribution in [0.25, 0.3) is 0 Å². The van der Waals surface area contributed by atoms with Crippen molar-refractivity contribution in [1.29, 1.82) is 0 Å². The summed E-state index contributed by atoms with van der Waals surface area (Å²) in [6, 6.07) is 0. The van der Waals surface area contributed by atoms with E-state index in [1.807, 2.05) is 0 Å². The lowest BCUT2D eigenvalue weighted by atomic mass is 9.97. The molecule has 92 valence electrons. The van der Waals surface area contributed by atoms with E-state index < -0.39 is 5.97 Å². The van der Waals surface area contributed by atoms with Crippen LogP contribution in [-0.4, -0.2) is 46.0 Å². The fourth-order valence-corrected chi connectivity index (χ4v) is 2.36. The fourth-order valence-electron chi connectivity index (χ4n) is 1.71. The molecule has 0 saturated carbocycles. The Balaban J connectivity index is 2.30. The van der Waals surface area contributed by atoms with Crippen molar-refractivity contribution in [3.8, 4) is 0 Å². The SMILES string of the molecule is CC(C)SCC(=O)N1CCC(C(=O)O)CC1. The van der Waals surface area contributed by atoms with Gasteiger partial charge in [0.05, 0.1) is 11.7 Å². The monoisotopic (exact) mass is 245 g/mol. The largest absolute Gasteiger partial charge is 0.481 e. The molecule has 1 fully saturated rings. The summed E-state index contributed by atoms with van der Waals surface area (Å²) in [6.07, 6.45) is 1.18. The number of piperidine rings is 1. The number of hydrogen-bond acceptors (Lipinski definition) is 3. The minimum atomic E-state index is -0.733. The van der Waals surface area contributed by atoms with Crippen LogP contribution in [0.3, 0.4) is 0 Å². The number of amides is 1. The highest BCUT2D eigenvalue weighted by Gasteiger charge is 2.26. The maximum absolute atomic E-state index is 11.7. The van der Waals surface area contributed by atoms with Gasteiger partial charge >= 0.3 is 5.97 Å². The van der Waals surface area contributed by atoms with Crippen LogP contribution in [-0.2, 0) is 9.59 Å². The normalized spacial score (nSPS) is 17.8. The van der Waals surface area contributed by atoms with Gasteiger partial charge in [0.25, 0.3) is 0 Å². The first kappa shape index (κ1) is 13.4.